The molecular formula is C15H17ClN4O5. The fourth-order valence-corrected chi connectivity index (χ4v) is 3.14. The Balaban J connectivity index is 2.04. The normalized spacial score (nSPS) is 25.9. The molecule has 10 heteroatoms. The minimum Gasteiger partial charge on any atom is -0.456 e. The Hall–Kier alpha value is -2.26. The van der Waals surface area contributed by atoms with E-state index >= 15 is 0 Å². The molecule has 0 amide bonds. The van der Waals surface area contributed by atoms with Gasteiger partial charge in [0.1, 0.15) is 11.6 Å². The molecule has 0 bridgehead atoms. The number of nitrogens with zero attached hydrogens (tertiary/aromatic N) is 4. The maximum Gasteiger partial charge on any atom is 0.303 e. The van der Waals surface area contributed by atoms with Gasteiger partial charge in [0.05, 0.1) is 18.0 Å². The zero-order valence-electron chi connectivity index (χ0n) is 13.9. The number of aromatic nitrogens is 4. The summed E-state index contributed by atoms with van der Waals surface area (Å²) in [4.78, 5) is 27.3. The van der Waals surface area contributed by atoms with Gasteiger partial charge in [-0.15, -0.1) is 5.10 Å². The molecule has 0 aliphatic carbocycles. The highest BCUT2D eigenvalue weighted by atomic mass is 35.5. The molecule has 3 rings (SSSR count). The molecule has 1 saturated heterocycles. The lowest BCUT2D eigenvalue weighted by atomic mass is 10.1. The average molecular weight is 369 g/mol. The highest BCUT2D eigenvalue weighted by molar-refractivity contribution is 6.33. The van der Waals surface area contributed by atoms with E-state index in [1.54, 1.807) is 4.57 Å². The third-order valence-corrected chi connectivity index (χ3v) is 4.17. The van der Waals surface area contributed by atoms with Crippen LogP contribution in [0.2, 0.25) is 5.15 Å². The number of esters is 2. The van der Waals surface area contributed by atoms with Gasteiger partial charge in [-0.25, -0.2) is 4.98 Å². The topological polar surface area (TPSA) is 105 Å². The lowest BCUT2D eigenvalue weighted by molar-refractivity contribution is -0.165. The summed E-state index contributed by atoms with van der Waals surface area (Å²) in [5, 5.41) is 7.72. The number of fused-ring (bicyclic) bond motifs is 1. The van der Waals surface area contributed by atoms with Gasteiger partial charge >= 0.3 is 11.9 Å². The van der Waals surface area contributed by atoms with Crippen LogP contribution in [-0.2, 0) is 23.8 Å². The van der Waals surface area contributed by atoms with Crippen LogP contribution in [0.3, 0.4) is 0 Å². The van der Waals surface area contributed by atoms with E-state index in [0.29, 0.717) is 17.5 Å². The number of ether oxygens (including phenoxy) is 3. The molecule has 9 nitrogen and oxygen atoms in total. The molecule has 1 aliphatic rings. The minimum absolute atomic E-state index is 0.155. The predicted octanol–water partition coefficient (Wildman–Crippen LogP) is 1.65. The lowest BCUT2D eigenvalue weighted by Crippen LogP contribution is -2.38. The molecule has 4 atom stereocenters. The molecule has 0 aromatic carbocycles. The Morgan fingerprint density at radius 3 is 2.60 bits per heavy atom. The van der Waals surface area contributed by atoms with Crippen LogP contribution in [0.25, 0.3) is 11.0 Å². The third-order valence-electron chi connectivity index (χ3n) is 3.92. The summed E-state index contributed by atoms with van der Waals surface area (Å²) in [6, 6.07) is 0. The van der Waals surface area contributed by atoms with Crippen LogP contribution in [0.15, 0.2) is 12.5 Å². The molecule has 4 unspecified atom stereocenters. The smallest absolute Gasteiger partial charge is 0.303 e. The Morgan fingerprint density at radius 2 is 1.96 bits per heavy atom. The largest absolute Gasteiger partial charge is 0.456 e. The van der Waals surface area contributed by atoms with E-state index < -0.39 is 36.5 Å². The van der Waals surface area contributed by atoms with Crippen LogP contribution in [-0.4, -0.2) is 50.0 Å². The molecule has 0 N–H and O–H groups in total. The van der Waals surface area contributed by atoms with Crippen molar-refractivity contribution in [2.24, 2.45) is 0 Å². The molecular weight excluding hydrogens is 352 g/mol. The summed E-state index contributed by atoms with van der Waals surface area (Å²) in [5.74, 6) is -0.982. The number of hydrogen-bond acceptors (Lipinski definition) is 8. The Labute approximate surface area is 148 Å². The van der Waals surface area contributed by atoms with E-state index in [-0.39, 0.29) is 5.15 Å². The van der Waals surface area contributed by atoms with Gasteiger partial charge in [-0.3, -0.25) is 14.2 Å². The van der Waals surface area contributed by atoms with Gasteiger partial charge in [-0.1, -0.05) is 18.5 Å². The first-order valence-electron chi connectivity index (χ1n) is 7.76. The van der Waals surface area contributed by atoms with Crippen molar-refractivity contribution < 1.29 is 23.8 Å². The van der Waals surface area contributed by atoms with Crippen LogP contribution in [0.5, 0.6) is 0 Å². The maximum absolute atomic E-state index is 11.6. The van der Waals surface area contributed by atoms with Crippen molar-refractivity contribution >= 4 is 34.6 Å². The van der Waals surface area contributed by atoms with Crippen LogP contribution >= 0.6 is 11.6 Å². The van der Waals surface area contributed by atoms with E-state index in [0.717, 1.165) is 0 Å². The number of halogens is 1. The van der Waals surface area contributed by atoms with Crippen molar-refractivity contribution in [2.45, 2.75) is 51.7 Å². The summed E-state index contributed by atoms with van der Waals surface area (Å²) in [6.45, 7) is 4.48. The summed E-state index contributed by atoms with van der Waals surface area (Å²) in [7, 11) is 0. The van der Waals surface area contributed by atoms with Gasteiger partial charge in [-0.05, 0) is 6.42 Å². The van der Waals surface area contributed by atoms with Gasteiger partial charge in [-0.2, -0.15) is 5.10 Å². The molecule has 2 aromatic heterocycles. The first-order valence-corrected chi connectivity index (χ1v) is 8.13. The Bertz CT molecular complexity index is 810. The van der Waals surface area contributed by atoms with E-state index in [1.165, 1.54) is 26.4 Å². The summed E-state index contributed by atoms with van der Waals surface area (Å²) >= 11 is 6.01. The second-order valence-electron chi connectivity index (χ2n) is 5.64. The summed E-state index contributed by atoms with van der Waals surface area (Å²) in [5.41, 5.74) is 1.02. The second kappa shape index (κ2) is 6.93. The fourth-order valence-electron chi connectivity index (χ4n) is 2.95. The SMILES string of the molecule is CCC1OC(n2cnc3c(Cl)nncc32)C(OC(C)=O)C1OC(C)=O. The summed E-state index contributed by atoms with van der Waals surface area (Å²) < 4.78 is 18.4. The van der Waals surface area contributed by atoms with E-state index in [9.17, 15) is 9.59 Å². The number of hydrogen-bond donors (Lipinski definition) is 0. The number of carbonyl (C=O) groups excluding carboxylic acids is 2. The molecule has 0 spiro atoms. The van der Waals surface area contributed by atoms with Crippen LogP contribution < -0.4 is 0 Å². The van der Waals surface area contributed by atoms with Crippen molar-refractivity contribution in [3.8, 4) is 0 Å². The highest BCUT2D eigenvalue weighted by Crippen LogP contribution is 2.37. The standard InChI is InChI=1S/C15H17ClN4O5/c1-4-10-12(23-7(2)21)13(24-8(3)22)15(25-10)20-6-17-11-9(20)5-18-19-14(11)16/h5-6,10,12-13,15H,4H2,1-3H3. The number of imidazole rings is 1. The van der Waals surface area contributed by atoms with E-state index in [4.69, 9.17) is 25.8 Å². The van der Waals surface area contributed by atoms with Gasteiger partial charge in [0.25, 0.3) is 0 Å². The van der Waals surface area contributed by atoms with E-state index in [1.807, 2.05) is 6.92 Å². The van der Waals surface area contributed by atoms with Crippen molar-refractivity contribution in [3.05, 3.63) is 17.7 Å². The monoisotopic (exact) mass is 368 g/mol. The van der Waals surface area contributed by atoms with Gasteiger partial charge in [0.15, 0.2) is 23.6 Å². The minimum atomic E-state index is -0.823. The van der Waals surface area contributed by atoms with Gasteiger partial charge in [0, 0.05) is 13.8 Å². The third kappa shape index (κ3) is 3.29. The Morgan fingerprint density at radius 1 is 1.28 bits per heavy atom. The lowest BCUT2D eigenvalue weighted by Gasteiger charge is -2.23. The van der Waals surface area contributed by atoms with Crippen molar-refractivity contribution in [1.82, 2.24) is 19.7 Å². The van der Waals surface area contributed by atoms with Crippen molar-refractivity contribution in [1.29, 1.82) is 0 Å². The molecule has 2 aromatic rings. The van der Waals surface area contributed by atoms with Crippen molar-refractivity contribution in [2.75, 3.05) is 0 Å². The van der Waals surface area contributed by atoms with Crippen LogP contribution in [0.1, 0.15) is 33.4 Å². The van der Waals surface area contributed by atoms with Gasteiger partial charge in [0.2, 0.25) is 0 Å². The molecule has 1 fully saturated rings. The summed E-state index contributed by atoms with van der Waals surface area (Å²) in [6.07, 6.45) is 0.852. The number of rotatable bonds is 4. The number of carbonyl (C=O) groups is 2. The predicted molar refractivity (Wildman–Crippen MR) is 85.6 cm³/mol. The molecule has 3 heterocycles. The van der Waals surface area contributed by atoms with E-state index in [2.05, 4.69) is 15.2 Å². The molecule has 1 aliphatic heterocycles. The average Bonchev–Trinajstić information content (AvgIpc) is 3.10. The molecule has 25 heavy (non-hydrogen) atoms. The van der Waals surface area contributed by atoms with Crippen LogP contribution in [0.4, 0.5) is 0 Å². The first kappa shape index (κ1) is 17.6. The molecule has 0 radical (unpaired) electrons. The zero-order chi connectivity index (χ0) is 18.1. The zero-order valence-corrected chi connectivity index (χ0v) is 14.6. The van der Waals surface area contributed by atoms with Crippen molar-refractivity contribution in [3.63, 3.8) is 0 Å². The molecule has 134 valence electrons. The first-order chi connectivity index (χ1) is 11.9. The Kier molecular flexibility index (Phi) is 4.87. The molecule has 0 saturated carbocycles. The fraction of sp³-hybridized carbons (Fsp3) is 0.533. The maximum atomic E-state index is 11.6. The van der Waals surface area contributed by atoms with Gasteiger partial charge < -0.3 is 14.2 Å². The quantitative estimate of drug-likeness (QED) is 0.750. The second-order valence-corrected chi connectivity index (χ2v) is 6.00. The highest BCUT2D eigenvalue weighted by Gasteiger charge is 2.49. The van der Waals surface area contributed by atoms with Crippen LogP contribution in [0, 0.1) is 0 Å².